The predicted octanol–water partition coefficient (Wildman–Crippen LogP) is 3.29. The second-order valence-corrected chi connectivity index (χ2v) is 6.04. The van der Waals surface area contributed by atoms with E-state index in [1.165, 1.54) is 12.1 Å². The van der Waals surface area contributed by atoms with Crippen molar-refractivity contribution in [1.82, 2.24) is 10.1 Å². The highest BCUT2D eigenvalue weighted by atomic mass is 19.1. The Morgan fingerprint density at radius 1 is 1.38 bits per heavy atom. The minimum absolute atomic E-state index is 0.109. The van der Waals surface area contributed by atoms with E-state index in [0.29, 0.717) is 48.2 Å². The molecule has 0 saturated carbocycles. The van der Waals surface area contributed by atoms with Crippen LogP contribution >= 0.6 is 0 Å². The summed E-state index contributed by atoms with van der Waals surface area (Å²) in [5.74, 6) is 0.398. The summed E-state index contributed by atoms with van der Waals surface area (Å²) in [6.07, 6.45) is 0.969. The van der Waals surface area contributed by atoms with E-state index in [1.54, 1.807) is 24.0 Å². The Hall–Kier alpha value is -2.21. The van der Waals surface area contributed by atoms with Crippen molar-refractivity contribution in [1.29, 1.82) is 0 Å². The van der Waals surface area contributed by atoms with Gasteiger partial charge in [0, 0.05) is 31.2 Å². The third-order valence-corrected chi connectivity index (χ3v) is 4.37. The molecule has 1 fully saturated rings. The Morgan fingerprint density at radius 2 is 2.12 bits per heavy atom. The predicted molar refractivity (Wildman–Crippen MR) is 87.1 cm³/mol. The Labute approximate surface area is 140 Å². The van der Waals surface area contributed by atoms with Gasteiger partial charge in [-0.05, 0) is 44.5 Å². The van der Waals surface area contributed by atoms with Gasteiger partial charge in [-0.2, -0.15) is 0 Å². The van der Waals surface area contributed by atoms with Crippen LogP contribution in [0.4, 0.5) is 4.39 Å². The van der Waals surface area contributed by atoms with Crippen LogP contribution in [0.2, 0.25) is 0 Å². The number of aromatic nitrogens is 1. The maximum absolute atomic E-state index is 13.1. The van der Waals surface area contributed by atoms with Gasteiger partial charge in [0.25, 0.3) is 5.91 Å². The number of hydrogen-bond acceptors (Lipinski definition) is 4. The lowest BCUT2D eigenvalue weighted by atomic mass is 10.0. The molecule has 128 valence electrons. The fraction of sp³-hybridized carbons (Fsp3) is 0.444. The van der Waals surface area contributed by atoms with Gasteiger partial charge in [0.15, 0.2) is 0 Å². The van der Waals surface area contributed by atoms with Crippen LogP contribution in [0, 0.1) is 18.7 Å². The summed E-state index contributed by atoms with van der Waals surface area (Å²) in [6.45, 7) is 6.38. The van der Waals surface area contributed by atoms with Crippen LogP contribution < -0.4 is 0 Å². The Balaban J connectivity index is 1.88. The van der Waals surface area contributed by atoms with Gasteiger partial charge in [0.1, 0.15) is 22.8 Å². The molecule has 2 heterocycles. The standard InChI is InChI=1S/C18H21FN2O3/c1-3-21(10-13-8-9-23-11-13)18(22)16-12(2)24-20-17(16)14-4-6-15(19)7-5-14/h4-7,13H,3,8-11H2,1-2H3/t13-/m0/s1. The zero-order chi connectivity index (χ0) is 17.1. The monoisotopic (exact) mass is 332 g/mol. The van der Waals surface area contributed by atoms with Crippen LogP contribution in [0.1, 0.15) is 29.5 Å². The molecule has 0 bridgehead atoms. The molecule has 24 heavy (non-hydrogen) atoms. The fourth-order valence-corrected chi connectivity index (χ4v) is 2.98. The summed E-state index contributed by atoms with van der Waals surface area (Å²) in [5.41, 5.74) is 1.57. The van der Waals surface area contributed by atoms with Crippen molar-refractivity contribution in [2.75, 3.05) is 26.3 Å². The largest absolute Gasteiger partial charge is 0.381 e. The first-order chi connectivity index (χ1) is 11.6. The van der Waals surface area contributed by atoms with Crippen molar-refractivity contribution in [3.63, 3.8) is 0 Å². The van der Waals surface area contributed by atoms with Gasteiger partial charge in [-0.3, -0.25) is 4.79 Å². The number of halogens is 1. The second kappa shape index (κ2) is 7.13. The molecule has 0 spiro atoms. The van der Waals surface area contributed by atoms with Crippen molar-refractivity contribution in [3.8, 4) is 11.3 Å². The summed E-state index contributed by atoms with van der Waals surface area (Å²) >= 11 is 0. The molecule has 1 aromatic carbocycles. The van der Waals surface area contributed by atoms with Crippen LogP contribution in [0.5, 0.6) is 0 Å². The van der Waals surface area contributed by atoms with Crippen LogP contribution in [-0.4, -0.2) is 42.3 Å². The third kappa shape index (κ3) is 3.33. The van der Waals surface area contributed by atoms with Gasteiger partial charge in [-0.25, -0.2) is 4.39 Å². The molecule has 5 nitrogen and oxygen atoms in total. The Morgan fingerprint density at radius 3 is 2.75 bits per heavy atom. The number of ether oxygens (including phenoxy) is 1. The second-order valence-electron chi connectivity index (χ2n) is 6.04. The third-order valence-electron chi connectivity index (χ3n) is 4.37. The Kier molecular flexibility index (Phi) is 4.94. The van der Waals surface area contributed by atoms with Crippen molar-refractivity contribution in [2.24, 2.45) is 5.92 Å². The maximum atomic E-state index is 13.1. The van der Waals surface area contributed by atoms with Crippen molar-refractivity contribution < 1.29 is 18.4 Å². The highest BCUT2D eigenvalue weighted by Crippen LogP contribution is 2.27. The summed E-state index contributed by atoms with van der Waals surface area (Å²) in [4.78, 5) is 14.8. The molecular formula is C18H21FN2O3. The number of hydrogen-bond donors (Lipinski definition) is 0. The van der Waals surface area contributed by atoms with E-state index in [-0.39, 0.29) is 11.7 Å². The van der Waals surface area contributed by atoms with Gasteiger partial charge >= 0.3 is 0 Å². The molecule has 0 N–H and O–H groups in total. The molecule has 1 atom stereocenters. The highest BCUT2D eigenvalue weighted by molar-refractivity contribution is 6.00. The lowest BCUT2D eigenvalue weighted by Crippen LogP contribution is -2.35. The molecule has 1 amide bonds. The summed E-state index contributed by atoms with van der Waals surface area (Å²) in [7, 11) is 0. The van der Waals surface area contributed by atoms with Crippen LogP contribution in [-0.2, 0) is 4.74 Å². The van der Waals surface area contributed by atoms with Crippen molar-refractivity contribution >= 4 is 5.91 Å². The van der Waals surface area contributed by atoms with E-state index in [0.717, 1.165) is 13.0 Å². The van der Waals surface area contributed by atoms with Gasteiger partial charge in [0.05, 0.1) is 6.61 Å². The quantitative estimate of drug-likeness (QED) is 0.843. The molecule has 0 radical (unpaired) electrons. The van der Waals surface area contributed by atoms with E-state index >= 15 is 0 Å². The number of nitrogens with zero attached hydrogens (tertiary/aromatic N) is 2. The van der Waals surface area contributed by atoms with Crippen LogP contribution in [0.3, 0.4) is 0 Å². The van der Waals surface area contributed by atoms with E-state index in [4.69, 9.17) is 9.26 Å². The van der Waals surface area contributed by atoms with E-state index in [2.05, 4.69) is 5.16 Å². The van der Waals surface area contributed by atoms with Crippen LogP contribution in [0.25, 0.3) is 11.3 Å². The van der Waals surface area contributed by atoms with Gasteiger partial charge < -0.3 is 14.2 Å². The van der Waals surface area contributed by atoms with Crippen molar-refractivity contribution in [3.05, 3.63) is 41.4 Å². The van der Waals surface area contributed by atoms with Crippen molar-refractivity contribution in [2.45, 2.75) is 20.3 Å². The average molecular weight is 332 g/mol. The number of amides is 1. The molecule has 2 aromatic rings. The molecule has 0 unspecified atom stereocenters. The zero-order valence-corrected chi connectivity index (χ0v) is 13.9. The number of aryl methyl sites for hydroxylation is 1. The molecule has 6 heteroatoms. The first-order valence-electron chi connectivity index (χ1n) is 8.19. The highest BCUT2D eigenvalue weighted by Gasteiger charge is 2.28. The smallest absolute Gasteiger partial charge is 0.259 e. The molecular weight excluding hydrogens is 311 g/mol. The molecule has 1 aliphatic rings. The minimum atomic E-state index is -0.330. The number of carbonyl (C=O) groups is 1. The lowest BCUT2D eigenvalue weighted by molar-refractivity contribution is 0.0729. The van der Waals surface area contributed by atoms with E-state index in [9.17, 15) is 9.18 Å². The number of benzene rings is 1. The number of rotatable bonds is 5. The van der Waals surface area contributed by atoms with Gasteiger partial charge in [0.2, 0.25) is 0 Å². The topological polar surface area (TPSA) is 55.6 Å². The first kappa shape index (κ1) is 16.6. The SMILES string of the molecule is CCN(C[C@@H]1CCOC1)C(=O)c1c(-c2ccc(F)cc2)noc1C. The average Bonchev–Trinajstić information content (AvgIpc) is 3.22. The van der Waals surface area contributed by atoms with Gasteiger partial charge in [-0.1, -0.05) is 5.16 Å². The Bertz CT molecular complexity index is 706. The number of carbonyl (C=O) groups excluding carboxylic acids is 1. The van der Waals surface area contributed by atoms with Gasteiger partial charge in [-0.15, -0.1) is 0 Å². The van der Waals surface area contributed by atoms with E-state index in [1.807, 2.05) is 6.92 Å². The fourth-order valence-electron chi connectivity index (χ4n) is 2.98. The van der Waals surface area contributed by atoms with Crippen LogP contribution in [0.15, 0.2) is 28.8 Å². The summed E-state index contributed by atoms with van der Waals surface area (Å²) in [5, 5.41) is 4.02. The lowest BCUT2D eigenvalue weighted by Gasteiger charge is -2.23. The summed E-state index contributed by atoms with van der Waals surface area (Å²) in [6, 6.07) is 5.90. The molecule has 3 rings (SSSR count). The molecule has 1 saturated heterocycles. The molecule has 1 aliphatic heterocycles. The molecule has 1 aromatic heterocycles. The minimum Gasteiger partial charge on any atom is -0.381 e. The zero-order valence-electron chi connectivity index (χ0n) is 13.9. The molecule has 0 aliphatic carbocycles. The first-order valence-corrected chi connectivity index (χ1v) is 8.19. The summed E-state index contributed by atoms with van der Waals surface area (Å²) < 4.78 is 23.8. The normalized spacial score (nSPS) is 17.2. The van der Waals surface area contributed by atoms with E-state index < -0.39 is 0 Å². The maximum Gasteiger partial charge on any atom is 0.259 e.